The molecule has 0 aliphatic rings. The van der Waals surface area contributed by atoms with Gasteiger partial charge in [0, 0.05) is 12.8 Å². The molecule has 0 radical (unpaired) electrons. The number of halogens is 2. The van der Waals surface area contributed by atoms with Crippen LogP contribution < -0.4 is 5.32 Å². The summed E-state index contributed by atoms with van der Waals surface area (Å²) in [6.07, 6.45) is -1.77. The van der Waals surface area contributed by atoms with Crippen molar-refractivity contribution in [3.63, 3.8) is 0 Å². The van der Waals surface area contributed by atoms with E-state index in [0.717, 1.165) is 0 Å². The molecule has 0 saturated carbocycles. The quantitative estimate of drug-likeness (QED) is 0.641. The Hall–Kier alpha value is -0.930. The largest absolute Gasteiger partial charge is 0.333 e. The summed E-state index contributed by atoms with van der Waals surface area (Å²) < 4.78 is 22.9. The molecule has 0 unspecified atom stereocenters. The fourth-order valence-electron chi connectivity index (χ4n) is 0.426. The van der Waals surface area contributed by atoms with Gasteiger partial charge in [-0.05, 0) is 6.20 Å². The zero-order chi connectivity index (χ0) is 7.98. The Morgan fingerprint density at radius 2 is 2.30 bits per heavy atom. The van der Waals surface area contributed by atoms with E-state index in [4.69, 9.17) is 0 Å². The number of alkyl halides is 2. The number of amides is 1. The summed E-state index contributed by atoms with van der Waals surface area (Å²) in [6.45, 7) is 3.21. The Balaban J connectivity index is 3.30. The molecule has 0 aromatic carbocycles. The normalized spacial score (nSPS) is 9.50. The van der Waals surface area contributed by atoms with Crippen LogP contribution in [-0.2, 0) is 4.79 Å². The summed E-state index contributed by atoms with van der Waals surface area (Å²) in [4.78, 5) is 10.4. The average molecular weight is 149 g/mol. The first-order valence-corrected chi connectivity index (χ1v) is 2.85. The lowest BCUT2D eigenvalue weighted by atomic mass is 10.3. The molecule has 0 aliphatic heterocycles. The SMILES string of the molecule is C=CNC(=O)CCC(F)F. The first-order valence-electron chi connectivity index (χ1n) is 2.85. The van der Waals surface area contributed by atoms with E-state index in [2.05, 4.69) is 11.9 Å². The Morgan fingerprint density at radius 3 is 2.70 bits per heavy atom. The standard InChI is InChI=1S/C6H9F2NO/c1-2-9-6(10)4-3-5(7)8/h2,5H,1,3-4H2,(H,9,10). The summed E-state index contributed by atoms with van der Waals surface area (Å²) in [5.41, 5.74) is 0. The summed E-state index contributed by atoms with van der Waals surface area (Å²) >= 11 is 0. The minimum absolute atomic E-state index is 0.149. The van der Waals surface area contributed by atoms with Crippen LogP contribution in [0.5, 0.6) is 0 Å². The summed E-state index contributed by atoms with van der Waals surface area (Å²) in [5, 5.41) is 2.19. The Kier molecular flexibility index (Phi) is 4.45. The average Bonchev–Trinajstić information content (AvgIpc) is 1.85. The van der Waals surface area contributed by atoms with Crippen LogP contribution in [0, 0.1) is 0 Å². The van der Waals surface area contributed by atoms with E-state index < -0.39 is 12.3 Å². The Bertz CT molecular complexity index is 125. The Morgan fingerprint density at radius 1 is 1.70 bits per heavy atom. The van der Waals surface area contributed by atoms with Crippen molar-refractivity contribution in [3.8, 4) is 0 Å². The highest BCUT2D eigenvalue weighted by atomic mass is 19.3. The monoisotopic (exact) mass is 149 g/mol. The van der Waals surface area contributed by atoms with Crippen LogP contribution in [0.15, 0.2) is 12.8 Å². The number of hydrogen-bond acceptors (Lipinski definition) is 1. The molecule has 58 valence electrons. The molecule has 0 rings (SSSR count). The van der Waals surface area contributed by atoms with Gasteiger partial charge in [0.15, 0.2) is 0 Å². The fourth-order valence-corrected chi connectivity index (χ4v) is 0.426. The molecule has 1 amide bonds. The minimum Gasteiger partial charge on any atom is -0.333 e. The smallest absolute Gasteiger partial charge is 0.239 e. The van der Waals surface area contributed by atoms with Crippen LogP contribution in [0.2, 0.25) is 0 Å². The van der Waals surface area contributed by atoms with Gasteiger partial charge in [0.2, 0.25) is 12.3 Å². The highest BCUT2D eigenvalue weighted by Crippen LogP contribution is 2.01. The molecular formula is C6H9F2NO. The number of hydrogen-bond donors (Lipinski definition) is 1. The molecule has 0 heterocycles. The second-order valence-corrected chi connectivity index (χ2v) is 1.70. The van der Waals surface area contributed by atoms with Crippen molar-refractivity contribution in [2.24, 2.45) is 0 Å². The van der Waals surface area contributed by atoms with E-state index in [1.165, 1.54) is 6.20 Å². The van der Waals surface area contributed by atoms with Crippen molar-refractivity contribution in [2.75, 3.05) is 0 Å². The van der Waals surface area contributed by atoms with Gasteiger partial charge >= 0.3 is 0 Å². The van der Waals surface area contributed by atoms with E-state index >= 15 is 0 Å². The van der Waals surface area contributed by atoms with Crippen molar-refractivity contribution in [1.82, 2.24) is 5.32 Å². The molecule has 0 spiro atoms. The number of rotatable bonds is 4. The van der Waals surface area contributed by atoms with Crippen LogP contribution >= 0.6 is 0 Å². The van der Waals surface area contributed by atoms with Crippen molar-refractivity contribution in [1.29, 1.82) is 0 Å². The predicted octanol–water partition coefficient (Wildman–Crippen LogP) is 1.29. The third-order valence-electron chi connectivity index (χ3n) is 0.853. The van der Waals surface area contributed by atoms with Crippen LogP contribution in [0.25, 0.3) is 0 Å². The molecule has 0 aliphatic carbocycles. The fraction of sp³-hybridized carbons (Fsp3) is 0.500. The molecule has 4 heteroatoms. The molecule has 10 heavy (non-hydrogen) atoms. The van der Waals surface area contributed by atoms with Crippen LogP contribution in [0.1, 0.15) is 12.8 Å². The maximum atomic E-state index is 11.4. The number of nitrogens with one attached hydrogen (secondary N) is 1. The summed E-state index contributed by atoms with van der Waals surface area (Å²) in [6, 6.07) is 0. The van der Waals surface area contributed by atoms with Crippen molar-refractivity contribution >= 4 is 5.91 Å². The molecule has 0 saturated heterocycles. The predicted molar refractivity (Wildman–Crippen MR) is 33.6 cm³/mol. The Labute approximate surface area is 57.9 Å². The summed E-state index contributed by atoms with van der Waals surface area (Å²) in [5.74, 6) is -0.421. The van der Waals surface area contributed by atoms with E-state index in [9.17, 15) is 13.6 Å². The molecule has 0 aromatic rings. The van der Waals surface area contributed by atoms with Gasteiger partial charge in [-0.15, -0.1) is 0 Å². The maximum Gasteiger partial charge on any atom is 0.239 e. The summed E-state index contributed by atoms with van der Waals surface area (Å²) in [7, 11) is 0. The lowest BCUT2D eigenvalue weighted by Gasteiger charge is -1.97. The topological polar surface area (TPSA) is 29.1 Å². The van der Waals surface area contributed by atoms with Crippen molar-refractivity contribution in [3.05, 3.63) is 12.8 Å². The zero-order valence-corrected chi connectivity index (χ0v) is 5.44. The third-order valence-corrected chi connectivity index (χ3v) is 0.853. The highest BCUT2D eigenvalue weighted by Gasteiger charge is 2.05. The van der Waals surface area contributed by atoms with Gasteiger partial charge in [-0.3, -0.25) is 4.79 Å². The van der Waals surface area contributed by atoms with E-state index in [0.29, 0.717) is 0 Å². The minimum atomic E-state index is -2.41. The third kappa shape index (κ3) is 5.21. The molecular weight excluding hydrogens is 140 g/mol. The van der Waals surface area contributed by atoms with E-state index in [1.807, 2.05) is 0 Å². The first kappa shape index (κ1) is 9.07. The first-order chi connectivity index (χ1) is 4.66. The van der Waals surface area contributed by atoms with Crippen LogP contribution in [0.4, 0.5) is 8.78 Å². The number of carbonyl (C=O) groups excluding carboxylic acids is 1. The van der Waals surface area contributed by atoms with Crippen molar-refractivity contribution in [2.45, 2.75) is 19.3 Å². The van der Waals surface area contributed by atoms with E-state index in [1.54, 1.807) is 0 Å². The van der Waals surface area contributed by atoms with E-state index in [-0.39, 0.29) is 12.8 Å². The molecule has 0 atom stereocenters. The molecule has 0 aromatic heterocycles. The van der Waals surface area contributed by atoms with Crippen LogP contribution in [-0.4, -0.2) is 12.3 Å². The number of carbonyl (C=O) groups is 1. The highest BCUT2D eigenvalue weighted by molar-refractivity contribution is 5.76. The lowest BCUT2D eigenvalue weighted by Crippen LogP contribution is -2.16. The van der Waals surface area contributed by atoms with Gasteiger partial charge in [0.05, 0.1) is 0 Å². The second kappa shape index (κ2) is 4.90. The van der Waals surface area contributed by atoms with Gasteiger partial charge in [0.1, 0.15) is 0 Å². The molecule has 1 N–H and O–H groups in total. The van der Waals surface area contributed by atoms with Gasteiger partial charge in [-0.2, -0.15) is 0 Å². The molecule has 0 bridgehead atoms. The lowest BCUT2D eigenvalue weighted by molar-refractivity contribution is -0.120. The van der Waals surface area contributed by atoms with Gasteiger partial charge in [0.25, 0.3) is 0 Å². The van der Waals surface area contributed by atoms with Gasteiger partial charge in [-0.25, -0.2) is 8.78 Å². The van der Waals surface area contributed by atoms with Gasteiger partial charge in [-0.1, -0.05) is 6.58 Å². The maximum absolute atomic E-state index is 11.4. The molecule has 0 fully saturated rings. The zero-order valence-electron chi connectivity index (χ0n) is 5.44. The van der Waals surface area contributed by atoms with Crippen molar-refractivity contribution < 1.29 is 13.6 Å². The van der Waals surface area contributed by atoms with Crippen LogP contribution in [0.3, 0.4) is 0 Å². The second-order valence-electron chi connectivity index (χ2n) is 1.70. The molecule has 2 nitrogen and oxygen atoms in total. The van der Waals surface area contributed by atoms with Gasteiger partial charge < -0.3 is 5.32 Å².